The molecule has 4 unspecified atom stereocenters. The number of likely N-dealkylation sites (tertiary alicyclic amines) is 1. The van der Waals surface area contributed by atoms with Crippen LogP contribution in [0.3, 0.4) is 0 Å². The molecule has 1 aromatic carbocycles. The average Bonchev–Trinajstić information content (AvgIpc) is 3.02. The summed E-state index contributed by atoms with van der Waals surface area (Å²) < 4.78 is 0. The Labute approximate surface area is 127 Å². The fraction of sp³-hybridized carbons (Fsp3) is 0.611. The van der Waals surface area contributed by atoms with E-state index in [2.05, 4.69) is 30.9 Å². The topological polar surface area (TPSA) is 46.3 Å². The Balaban J connectivity index is 1.77. The monoisotopic (exact) mass is 286 g/mol. The van der Waals surface area contributed by atoms with Crippen LogP contribution in [0.25, 0.3) is 0 Å². The number of carbonyl (C=O) groups is 1. The van der Waals surface area contributed by atoms with Gasteiger partial charge in [0.05, 0.1) is 5.92 Å². The van der Waals surface area contributed by atoms with Crippen LogP contribution in [-0.4, -0.2) is 29.9 Å². The zero-order valence-electron chi connectivity index (χ0n) is 13.0. The summed E-state index contributed by atoms with van der Waals surface area (Å²) in [6.45, 7) is 6.05. The van der Waals surface area contributed by atoms with E-state index in [0.717, 1.165) is 25.1 Å². The van der Waals surface area contributed by atoms with Gasteiger partial charge < -0.3 is 10.6 Å². The lowest BCUT2D eigenvalue weighted by molar-refractivity contribution is -0.133. The van der Waals surface area contributed by atoms with Crippen molar-refractivity contribution in [3.05, 3.63) is 35.9 Å². The average molecular weight is 286 g/mol. The third-order valence-corrected chi connectivity index (χ3v) is 5.32. The molecular weight excluding hydrogens is 260 g/mol. The van der Waals surface area contributed by atoms with Gasteiger partial charge in [0.15, 0.2) is 0 Å². The highest BCUT2D eigenvalue weighted by Crippen LogP contribution is 2.39. The molecule has 2 fully saturated rings. The first kappa shape index (κ1) is 14.6. The van der Waals surface area contributed by atoms with E-state index in [1.165, 1.54) is 6.42 Å². The van der Waals surface area contributed by atoms with Crippen LogP contribution in [0.2, 0.25) is 0 Å². The number of nitrogens with zero attached hydrogens (tertiary/aromatic N) is 1. The fourth-order valence-electron chi connectivity index (χ4n) is 4.16. The molecule has 0 bridgehead atoms. The van der Waals surface area contributed by atoms with Crippen molar-refractivity contribution >= 4 is 5.91 Å². The van der Waals surface area contributed by atoms with Crippen LogP contribution in [0, 0.1) is 17.8 Å². The summed E-state index contributed by atoms with van der Waals surface area (Å²) in [7, 11) is 0. The Morgan fingerprint density at radius 2 is 1.90 bits per heavy atom. The van der Waals surface area contributed by atoms with E-state index < -0.39 is 0 Å². The molecule has 0 spiro atoms. The van der Waals surface area contributed by atoms with Crippen molar-refractivity contribution in [1.29, 1.82) is 0 Å². The number of rotatable bonds is 3. The third kappa shape index (κ3) is 2.71. The molecule has 1 aliphatic heterocycles. The lowest BCUT2D eigenvalue weighted by Gasteiger charge is -2.27. The number of hydrogen-bond acceptors (Lipinski definition) is 2. The Kier molecular flexibility index (Phi) is 4.03. The number of fused-ring (bicyclic) bond motifs is 1. The smallest absolute Gasteiger partial charge is 0.230 e. The molecule has 3 heteroatoms. The van der Waals surface area contributed by atoms with Gasteiger partial charge in [-0.25, -0.2) is 0 Å². The zero-order valence-corrected chi connectivity index (χ0v) is 13.0. The first-order valence-corrected chi connectivity index (χ1v) is 8.17. The Morgan fingerprint density at radius 1 is 1.19 bits per heavy atom. The molecule has 3 rings (SSSR count). The third-order valence-electron chi connectivity index (χ3n) is 5.32. The van der Waals surface area contributed by atoms with Crippen LogP contribution in [0.4, 0.5) is 0 Å². The highest BCUT2D eigenvalue weighted by molar-refractivity contribution is 5.84. The van der Waals surface area contributed by atoms with E-state index in [0.29, 0.717) is 23.8 Å². The maximum Gasteiger partial charge on any atom is 0.230 e. The van der Waals surface area contributed by atoms with E-state index >= 15 is 0 Å². The summed E-state index contributed by atoms with van der Waals surface area (Å²) in [6, 6.07) is 10.5. The summed E-state index contributed by atoms with van der Waals surface area (Å²) in [5.41, 5.74) is 7.33. The van der Waals surface area contributed by atoms with E-state index in [1.807, 2.05) is 18.2 Å². The molecular formula is C18H26N2O. The second-order valence-corrected chi connectivity index (χ2v) is 7.04. The van der Waals surface area contributed by atoms with Crippen LogP contribution < -0.4 is 5.73 Å². The van der Waals surface area contributed by atoms with E-state index in [9.17, 15) is 4.79 Å². The largest absolute Gasteiger partial charge is 0.342 e. The predicted molar refractivity (Wildman–Crippen MR) is 84.8 cm³/mol. The summed E-state index contributed by atoms with van der Waals surface area (Å²) in [5, 5.41) is 0. The highest BCUT2D eigenvalue weighted by Gasteiger charge is 2.44. The van der Waals surface area contributed by atoms with Gasteiger partial charge in [0.2, 0.25) is 5.91 Å². The zero-order chi connectivity index (χ0) is 15.0. The predicted octanol–water partition coefficient (Wildman–Crippen LogP) is 2.62. The van der Waals surface area contributed by atoms with Crippen molar-refractivity contribution in [1.82, 2.24) is 4.90 Å². The number of amides is 1. The molecule has 21 heavy (non-hydrogen) atoms. The Morgan fingerprint density at radius 3 is 2.52 bits per heavy atom. The molecule has 4 atom stereocenters. The van der Waals surface area contributed by atoms with Gasteiger partial charge in [-0.2, -0.15) is 0 Å². The van der Waals surface area contributed by atoms with Gasteiger partial charge in [0.25, 0.3) is 0 Å². The SMILES string of the molecule is CC(C)C(C(=O)N1CC2CCC(N)C2C1)c1ccccc1. The van der Waals surface area contributed by atoms with Crippen molar-refractivity contribution in [3.8, 4) is 0 Å². The van der Waals surface area contributed by atoms with Crippen LogP contribution in [-0.2, 0) is 4.79 Å². The molecule has 2 aliphatic rings. The molecule has 1 amide bonds. The molecule has 1 saturated heterocycles. The second-order valence-electron chi connectivity index (χ2n) is 7.04. The Bertz CT molecular complexity index is 499. The van der Waals surface area contributed by atoms with Gasteiger partial charge in [0, 0.05) is 19.1 Å². The number of carbonyl (C=O) groups excluding carboxylic acids is 1. The van der Waals surface area contributed by atoms with Crippen LogP contribution in [0.1, 0.15) is 38.2 Å². The molecule has 114 valence electrons. The minimum Gasteiger partial charge on any atom is -0.342 e. The van der Waals surface area contributed by atoms with Crippen molar-refractivity contribution in [2.24, 2.45) is 23.5 Å². The van der Waals surface area contributed by atoms with Crippen LogP contribution >= 0.6 is 0 Å². The summed E-state index contributed by atoms with van der Waals surface area (Å²) in [5.74, 6) is 1.73. The summed E-state index contributed by atoms with van der Waals surface area (Å²) in [4.78, 5) is 15.1. The number of nitrogens with two attached hydrogens (primary N) is 1. The first-order valence-electron chi connectivity index (χ1n) is 8.17. The quantitative estimate of drug-likeness (QED) is 0.928. The highest BCUT2D eigenvalue weighted by atomic mass is 16.2. The maximum atomic E-state index is 13.0. The van der Waals surface area contributed by atoms with Crippen LogP contribution in [0.15, 0.2) is 30.3 Å². The molecule has 2 N–H and O–H groups in total. The van der Waals surface area contributed by atoms with Gasteiger partial charge >= 0.3 is 0 Å². The van der Waals surface area contributed by atoms with Gasteiger partial charge in [-0.1, -0.05) is 44.2 Å². The van der Waals surface area contributed by atoms with Gasteiger partial charge in [0.1, 0.15) is 0 Å². The van der Waals surface area contributed by atoms with Gasteiger partial charge in [-0.3, -0.25) is 4.79 Å². The normalized spacial score (nSPS) is 29.7. The van der Waals surface area contributed by atoms with Crippen molar-refractivity contribution in [2.75, 3.05) is 13.1 Å². The van der Waals surface area contributed by atoms with Crippen molar-refractivity contribution < 1.29 is 4.79 Å². The van der Waals surface area contributed by atoms with E-state index in [-0.39, 0.29) is 11.8 Å². The van der Waals surface area contributed by atoms with E-state index in [4.69, 9.17) is 5.73 Å². The number of hydrogen-bond donors (Lipinski definition) is 1. The molecule has 1 saturated carbocycles. The van der Waals surface area contributed by atoms with Crippen molar-refractivity contribution in [2.45, 2.75) is 38.6 Å². The standard InChI is InChI=1S/C18H26N2O/c1-12(2)17(13-6-4-3-5-7-13)18(21)20-10-14-8-9-16(19)15(14)11-20/h3-7,12,14-17H,8-11,19H2,1-2H3. The fourth-order valence-corrected chi connectivity index (χ4v) is 4.16. The lowest BCUT2D eigenvalue weighted by Crippen LogP contribution is -2.37. The lowest BCUT2D eigenvalue weighted by atomic mass is 9.87. The first-order chi connectivity index (χ1) is 10.1. The summed E-state index contributed by atoms with van der Waals surface area (Å²) >= 11 is 0. The second kappa shape index (κ2) is 5.80. The minimum absolute atomic E-state index is 0.0266. The van der Waals surface area contributed by atoms with E-state index in [1.54, 1.807) is 0 Å². The summed E-state index contributed by atoms with van der Waals surface area (Å²) in [6.07, 6.45) is 2.32. The molecule has 1 aliphatic carbocycles. The molecule has 3 nitrogen and oxygen atoms in total. The molecule has 1 heterocycles. The number of benzene rings is 1. The maximum absolute atomic E-state index is 13.0. The van der Waals surface area contributed by atoms with Crippen molar-refractivity contribution in [3.63, 3.8) is 0 Å². The van der Waals surface area contributed by atoms with Gasteiger partial charge in [-0.15, -0.1) is 0 Å². The molecule has 0 aromatic heterocycles. The minimum atomic E-state index is -0.0266. The molecule has 0 radical (unpaired) electrons. The van der Waals surface area contributed by atoms with Gasteiger partial charge in [-0.05, 0) is 36.2 Å². The molecule has 1 aromatic rings. The van der Waals surface area contributed by atoms with Crippen LogP contribution in [0.5, 0.6) is 0 Å². The Hall–Kier alpha value is -1.35.